The number of amides is 1. The molecule has 0 spiro atoms. The molecule has 1 aliphatic carbocycles. The van der Waals surface area contributed by atoms with Crippen molar-refractivity contribution >= 4 is 11.6 Å². The van der Waals surface area contributed by atoms with Crippen LogP contribution in [0.25, 0.3) is 0 Å². The van der Waals surface area contributed by atoms with Crippen LogP contribution in [0.4, 0.5) is 5.69 Å². The van der Waals surface area contributed by atoms with Crippen LogP contribution in [0.3, 0.4) is 0 Å². The molecule has 1 fully saturated rings. The second-order valence-corrected chi connectivity index (χ2v) is 7.29. The van der Waals surface area contributed by atoms with Gasteiger partial charge in [-0.1, -0.05) is 18.6 Å². The van der Waals surface area contributed by atoms with Gasteiger partial charge in [-0.2, -0.15) is 0 Å². The summed E-state index contributed by atoms with van der Waals surface area (Å²) < 4.78 is 5.20. The predicted molar refractivity (Wildman–Crippen MR) is 104 cm³/mol. The van der Waals surface area contributed by atoms with Crippen LogP contribution in [0, 0.1) is 0 Å². The molecule has 0 unspecified atom stereocenters. The van der Waals surface area contributed by atoms with E-state index in [-0.39, 0.29) is 5.91 Å². The molecule has 136 valence electrons. The van der Waals surface area contributed by atoms with Gasteiger partial charge in [-0.05, 0) is 67.1 Å². The van der Waals surface area contributed by atoms with Crippen LogP contribution >= 0.6 is 0 Å². The largest absolute Gasteiger partial charge is 0.497 e. The third-order valence-electron chi connectivity index (χ3n) is 5.72. The average molecular weight is 350 g/mol. The SMILES string of the molecule is COc1cccc(C(=O)Nc2ccc3c(c2)CCN(C2CCC2)CC3)c1. The molecule has 0 radical (unpaired) electrons. The van der Waals surface area contributed by atoms with Gasteiger partial charge < -0.3 is 10.1 Å². The Hall–Kier alpha value is -2.33. The first-order valence-corrected chi connectivity index (χ1v) is 9.54. The standard InChI is InChI=1S/C22H26N2O2/c1-26-21-7-2-4-18(15-21)22(25)23-19-9-8-16-10-12-24(20-5-3-6-20)13-11-17(16)14-19/h2,4,7-9,14-15,20H,3,5-6,10-13H2,1H3,(H,23,25). The second-order valence-electron chi connectivity index (χ2n) is 7.29. The highest BCUT2D eigenvalue weighted by Crippen LogP contribution is 2.28. The predicted octanol–water partition coefficient (Wildman–Crippen LogP) is 3.90. The van der Waals surface area contributed by atoms with E-state index in [1.54, 1.807) is 19.2 Å². The van der Waals surface area contributed by atoms with Gasteiger partial charge >= 0.3 is 0 Å². The van der Waals surface area contributed by atoms with Gasteiger partial charge in [0.2, 0.25) is 0 Å². The first kappa shape index (κ1) is 17.1. The lowest BCUT2D eigenvalue weighted by Gasteiger charge is -2.36. The van der Waals surface area contributed by atoms with E-state index in [1.807, 2.05) is 18.2 Å². The monoisotopic (exact) mass is 350 g/mol. The van der Waals surface area contributed by atoms with E-state index >= 15 is 0 Å². The summed E-state index contributed by atoms with van der Waals surface area (Å²) in [5.41, 5.74) is 4.27. The molecule has 2 aromatic rings. The molecule has 0 atom stereocenters. The van der Waals surface area contributed by atoms with E-state index in [1.165, 1.54) is 30.4 Å². The average Bonchev–Trinajstić information content (AvgIpc) is 2.83. The summed E-state index contributed by atoms with van der Waals surface area (Å²) in [6, 6.07) is 14.4. The Morgan fingerprint density at radius 1 is 1.08 bits per heavy atom. The molecular formula is C22H26N2O2. The van der Waals surface area contributed by atoms with Gasteiger partial charge in [0.15, 0.2) is 0 Å². The van der Waals surface area contributed by atoms with E-state index < -0.39 is 0 Å². The van der Waals surface area contributed by atoms with Gasteiger partial charge in [0.1, 0.15) is 5.75 Å². The Morgan fingerprint density at radius 2 is 1.88 bits per heavy atom. The minimum Gasteiger partial charge on any atom is -0.497 e. The molecule has 1 N–H and O–H groups in total. The van der Waals surface area contributed by atoms with Crippen molar-refractivity contribution in [1.82, 2.24) is 4.90 Å². The fourth-order valence-corrected chi connectivity index (χ4v) is 3.90. The van der Waals surface area contributed by atoms with Crippen LogP contribution in [-0.4, -0.2) is 37.0 Å². The van der Waals surface area contributed by atoms with Gasteiger partial charge in [0, 0.05) is 30.4 Å². The Bertz CT molecular complexity index is 798. The number of nitrogens with one attached hydrogen (secondary N) is 1. The van der Waals surface area contributed by atoms with Crippen molar-refractivity contribution in [1.29, 1.82) is 0 Å². The van der Waals surface area contributed by atoms with Crippen molar-refractivity contribution in [3.63, 3.8) is 0 Å². The molecule has 2 aliphatic rings. The van der Waals surface area contributed by atoms with E-state index in [0.717, 1.165) is 37.7 Å². The zero-order chi connectivity index (χ0) is 17.9. The van der Waals surface area contributed by atoms with Crippen molar-refractivity contribution in [2.45, 2.75) is 38.1 Å². The maximum absolute atomic E-state index is 12.5. The number of fused-ring (bicyclic) bond motifs is 1. The van der Waals surface area contributed by atoms with Crippen LogP contribution in [0.15, 0.2) is 42.5 Å². The summed E-state index contributed by atoms with van der Waals surface area (Å²) in [5, 5.41) is 3.03. The van der Waals surface area contributed by atoms with Crippen molar-refractivity contribution in [2.24, 2.45) is 0 Å². The molecule has 0 saturated heterocycles. The molecule has 1 saturated carbocycles. The Morgan fingerprint density at radius 3 is 2.62 bits per heavy atom. The number of rotatable bonds is 4. The maximum atomic E-state index is 12.5. The molecule has 1 amide bonds. The number of anilines is 1. The van der Waals surface area contributed by atoms with Gasteiger partial charge in [-0.3, -0.25) is 9.69 Å². The third-order valence-corrected chi connectivity index (χ3v) is 5.72. The number of carbonyl (C=O) groups excluding carboxylic acids is 1. The molecule has 1 heterocycles. The highest BCUT2D eigenvalue weighted by molar-refractivity contribution is 6.04. The van der Waals surface area contributed by atoms with E-state index in [9.17, 15) is 4.79 Å². The third kappa shape index (κ3) is 3.61. The maximum Gasteiger partial charge on any atom is 0.255 e. The number of benzene rings is 2. The Balaban J connectivity index is 1.45. The van der Waals surface area contributed by atoms with Crippen LogP contribution < -0.4 is 10.1 Å². The molecular weight excluding hydrogens is 324 g/mol. The molecule has 0 bridgehead atoms. The summed E-state index contributed by atoms with van der Waals surface area (Å²) in [7, 11) is 1.61. The minimum absolute atomic E-state index is 0.103. The quantitative estimate of drug-likeness (QED) is 0.909. The zero-order valence-corrected chi connectivity index (χ0v) is 15.3. The topological polar surface area (TPSA) is 41.6 Å². The van der Waals surface area contributed by atoms with Gasteiger partial charge in [-0.25, -0.2) is 0 Å². The summed E-state index contributed by atoms with van der Waals surface area (Å²) >= 11 is 0. The Kier molecular flexibility index (Phi) is 4.93. The van der Waals surface area contributed by atoms with Crippen LogP contribution in [0.2, 0.25) is 0 Å². The fraction of sp³-hybridized carbons (Fsp3) is 0.409. The van der Waals surface area contributed by atoms with Crippen molar-refractivity contribution in [2.75, 3.05) is 25.5 Å². The lowest BCUT2D eigenvalue weighted by Crippen LogP contribution is -2.41. The number of nitrogens with zero attached hydrogens (tertiary/aromatic N) is 1. The van der Waals surface area contributed by atoms with Gasteiger partial charge in [-0.15, -0.1) is 0 Å². The Labute approximate surface area is 155 Å². The normalized spacial score (nSPS) is 17.7. The number of hydrogen-bond acceptors (Lipinski definition) is 3. The van der Waals surface area contributed by atoms with E-state index in [2.05, 4.69) is 22.3 Å². The fourth-order valence-electron chi connectivity index (χ4n) is 3.90. The van der Waals surface area contributed by atoms with Gasteiger partial charge in [0.05, 0.1) is 7.11 Å². The summed E-state index contributed by atoms with van der Waals surface area (Å²) in [6.45, 7) is 2.29. The van der Waals surface area contributed by atoms with Crippen LogP contribution in [0.5, 0.6) is 5.75 Å². The molecule has 4 nitrogen and oxygen atoms in total. The van der Waals surface area contributed by atoms with Crippen molar-refractivity contribution in [3.05, 3.63) is 59.2 Å². The number of methoxy groups -OCH3 is 1. The molecule has 1 aliphatic heterocycles. The minimum atomic E-state index is -0.103. The van der Waals surface area contributed by atoms with Crippen LogP contribution in [-0.2, 0) is 12.8 Å². The van der Waals surface area contributed by atoms with E-state index in [4.69, 9.17) is 4.74 Å². The lowest BCUT2D eigenvalue weighted by atomic mass is 9.91. The smallest absolute Gasteiger partial charge is 0.255 e. The molecule has 26 heavy (non-hydrogen) atoms. The number of ether oxygens (including phenoxy) is 1. The lowest BCUT2D eigenvalue weighted by molar-refractivity contribution is 0.102. The van der Waals surface area contributed by atoms with Crippen LogP contribution in [0.1, 0.15) is 40.7 Å². The van der Waals surface area contributed by atoms with Gasteiger partial charge in [0.25, 0.3) is 5.91 Å². The summed E-state index contributed by atoms with van der Waals surface area (Å²) in [4.78, 5) is 15.2. The number of carbonyl (C=O) groups is 1. The summed E-state index contributed by atoms with van der Waals surface area (Å²) in [6.07, 6.45) is 6.27. The first-order chi connectivity index (χ1) is 12.7. The second kappa shape index (κ2) is 7.50. The first-order valence-electron chi connectivity index (χ1n) is 9.54. The molecule has 4 rings (SSSR count). The zero-order valence-electron chi connectivity index (χ0n) is 15.3. The molecule has 4 heteroatoms. The van der Waals surface area contributed by atoms with Crippen molar-refractivity contribution < 1.29 is 9.53 Å². The highest BCUT2D eigenvalue weighted by Gasteiger charge is 2.26. The molecule has 0 aromatic heterocycles. The number of hydrogen-bond donors (Lipinski definition) is 1. The van der Waals surface area contributed by atoms with E-state index in [0.29, 0.717) is 11.3 Å². The molecule has 2 aromatic carbocycles. The highest BCUT2D eigenvalue weighted by atomic mass is 16.5. The van der Waals surface area contributed by atoms with Crippen molar-refractivity contribution in [3.8, 4) is 5.75 Å². The summed E-state index contributed by atoms with van der Waals surface area (Å²) in [5.74, 6) is 0.587.